The lowest BCUT2D eigenvalue weighted by atomic mass is 10.3. The van der Waals surface area contributed by atoms with Crippen molar-refractivity contribution in [3.05, 3.63) is 54.3 Å². The van der Waals surface area contributed by atoms with Crippen LogP contribution in [-0.2, 0) is 10.0 Å². The van der Waals surface area contributed by atoms with Crippen LogP contribution in [0.3, 0.4) is 0 Å². The van der Waals surface area contributed by atoms with Crippen molar-refractivity contribution in [1.29, 1.82) is 0 Å². The molecule has 0 aliphatic rings. The summed E-state index contributed by atoms with van der Waals surface area (Å²) in [6, 6.07) is 12.0. The molecule has 0 aliphatic heterocycles. The molecule has 0 spiro atoms. The van der Waals surface area contributed by atoms with Crippen molar-refractivity contribution < 1.29 is 12.8 Å². The zero-order chi connectivity index (χ0) is 14.2. The van der Waals surface area contributed by atoms with Crippen LogP contribution in [0.15, 0.2) is 53.4 Å². The van der Waals surface area contributed by atoms with Crippen molar-refractivity contribution in [1.82, 2.24) is 4.98 Å². The molecule has 0 bridgehead atoms. The molecule has 0 fully saturated rings. The van der Waals surface area contributed by atoms with Crippen LogP contribution in [0.2, 0.25) is 0 Å². The monoisotopic (exact) mass is 308 g/mol. The highest BCUT2D eigenvalue weighted by Crippen LogP contribution is 2.27. The summed E-state index contributed by atoms with van der Waals surface area (Å²) in [4.78, 5) is 4.19. The maximum absolute atomic E-state index is 12.8. The Morgan fingerprint density at radius 2 is 1.75 bits per heavy atom. The lowest BCUT2D eigenvalue weighted by molar-refractivity contribution is 0.599. The second-order valence-electron chi connectivity index (χ2n) is 4.05. The molecule has 4 nitrogen and oxygen atoms in total. The number of aromatic nitrogens is 1. The number of halogens is 1. The molecule has 1 heterocycles. The number of hydrogen-bond acceptors (Lipinski definition) is 4. The quantitative estimate of drug-likeness (QED) is 0.808. The average Bonchev–Trinajstić information content (AvgIpc) is 2.80. The highest BCUT2D eigenvalue weighted by molar-refractivity contribution is 7.93. The van der Waals surface area contributed by atoms with Crippen LogP contribution in [0.5, 0.6) is 0 Å². The minimum absolute atomic E-state index is 0.00171. The molecular formula is C13H9FN2O2S2. The van der Waals surface area contributed by atoms with Crippen molar-refractivity contribution >= 4 is 36.7 Å². The number of fused-ring (bicyclic) bond motifs is 1. The lowest BCUT2D eigenvalue weighted by Crippen LogP contribution is -2.12. The third kappa shape index (κ3) is 2.50. The average molecular weight is 308 g/mol. The number of thiazole rings is 1. The molecule has 0 saturated carbocycles. The van der Waals surface area contributed by atoms with Crippen molar-refractivity contribution in [2.24, 2.45) is 0 Å². The second kappa shape index (κ2) is 4.84. The molecule has 0 atom stereocenters. The van der Waals surface area contributed by atoms with E-state index in [0.29, 0.717) is 0 Å². The summed E-state index contributed by atoms with van der Waals surface area (Å²) in [6.07, 6.45) is 0. The van der Waals surface area contributed by atoms with Gasteiger partial charge >= 0.3 is 0 Å². The first kappa shape index (κ1) is 13.0. The third-order valence-corrected chi connectivity index (χ3v) is 5.08. The van der Waals surface area contributed by atoms with Gasteiger partial charge in [0.25, 0.3) is 10.0 Å². The Bertz CT molecular complexity index is 824. The van der Waals surface area contributed by atoms with Crippen molar-refractivity contribution in [2.45, 2.75) is 4.90 Å². The zero-order valence-electron chi connectivity index (χ0n) is 10.1. The van der Waals surface area contributed by atoms with Gasteiger partial charge in [-0.3, -0.25) is 4.72 Å². The molecule has 102 valence electrons. The molecule has 0 amide bonds. The number of para-hydroxylation sites is 1. The fourth-order valence-electron chi connectivity index (χ4n) is 1.70. The molecule has 0 radical (unpaired) electrons. The first-order chi connectivity index (χ1) is 9.54. The molecule has 3 aromatic rings. The number of nitrogens with zero attached hydrogens (tertiary/aromatic N) is 1. The molecular weight excluding hydrogens is 299 g/mol. The van der Waals surface area contributed by atoms with E-state index in [9.17, 15) is 12.8 Å². The SMILES string of the molecule is O=S(=O)(Nc1nc2ccccc2s1)c1ccc(F)cc1. The molecule has 20 heavy (non-hydrogen) atoms. The molecule has 3 rings (SSSR count). The molecule has 2 aromatic carbocycles. The first-order valence-corrected chi connectivity index (χ1v) is 7.98. The molecule has 0 aliphatic carbocycles. The van der Waals surface area contributed by atoms with Gasteiger partial charge in [0.2, 0.25) is 0 Å². The van der Waals surface area contributed by atoms with Crippen LogP contribution in [0.4, 0.5) is 9.52 Å². The molecule has 0 unspecified atom stereocenters. The molecule has 1 N–H and O–H groups in total. The summed E-state index contributed by atoms with van der Waals surface area (Å²) in [5.74, 6) is -0.482. The van der Waals surface area contributed by atoms with E-state index in [-0.39, 0.29) is 10.0 Å². The molecule has 1 aromatic heterocycles. The number of anilines is 1. The van der Waals surface area contributed by atoms with Gasteiger partial charge in [0.1, 0.15) is 5.82 Å². The number of rotatable bonds is 3. The predicted octanol–water partition coefficient (Wildman–Crippen LogP) is 3.24. The molecule has 7 heteroatoms. The van der Waals surface area contributed by atoms with Gasteiger partial charge < -0.3 is 0 Å². The maximum Gasteiger partial charge on any atom is 0.263 e. The van der Waals surface area contributed by atoms with E-state index in [4.69, 9.17) is 0 Å². The Balaban J connectivity index is 1.94. The largest absolute Gasteiger partial charge is 0.263 e. The van der Waals surface area contributed by atoms with E-state index in [1.54, 1.807) is 0 Å². The van der Waals surface area contributed by atoms with E-state index in [0.717, 1.165) is 22.3 Å². The smallest absolute Gasteiger partial charge is 0.255 e. The number of benzene rings is 2. The van der Waals surface area contributed by atoms with Crippen LogP contribution < -0.4 is 4.72 Å². The summed E-state index contributed by atoms with van der Waals surface area (Å²) in [7, 11) is -3.75. The van der Waals surface area contributed by atoms with Crippen LogP contribution in [0.1, 0.15) is 0 Å². The van der Waals surface area contributed by atoms with Gasteiger partial charge in [0.15, 0.2) is 5.13 Å². The van der Waals surface area contributed by atoms with E-state index in [2.05, 4.69) is 9.71 Å². The van der Waals surface area contributed by atoms with E-state index < -0.39 is 15.8 Å². The summed E-state index contributed by atoms with van der Waals surface area (Å²) in [6.45, 7) is 0. The van der Waals surface area contributed by atoms with Crippen molar-refractivity contribution in [2.75, 3.05) is 4.72 Å². The van der Waals surface area contributed by atoms with E-state index in [1.165, 1.54) is 23.5 Å². The van der Waals surface area contributed by atoms with Crippen LogP contribution in [-0.4, -0.2) is 13.4 Å². The highest BCUT2D eigenvalue weighted by Gasteiger charge is 2.16. The van der Waals surface area contributed by atoms with Gasteiger partial charge in [-0.2, -0.15) is 0 Å². The normalized spacial score (nSPS) is 11.7. The Labute approximate surface area is 119 Å². The minimum atomic E-state index is -3.75. The fraction of sp³-hybridized carbons (Fsp3) is 0. The highest BCUT2D eigenvalue weighted by atomic mass is 32.2. The Kier molecular flexibility index (Phi) is 3.15. The summed E-state index contributed by atoms with van der Waals surface area (Å²) in [5.41, 5.74) is 0.731. The standard InChI is InChI=1S/C13H9FN2O2S2/c14-9-5-7-10(8-6-9)20(17,18)16-13-15-11-3-1-2-4-12(11)19-13/h1-8H,(H,15,16). The third-order valence-electron chi connectivity index (χ3n) is 2.64. The Morgan fingerprint density at radius 1 is 1.05 bits per heavy atom. The van der Waals surface area contributed by atoms with Gasteiger partial charge in [-0.25, -0.2) is 17.8 Å². The van der Waals surface area contributed by atoms with Gasteiger partial charge in [0.05, 0.1) is 15.1 Å². The van der Waals surface area contributed by atoms with Gasteiger partial charge in [-0.1, -0.05) is 23.5 Å². The number of hydrogen-bond donors (Lipinski definition) is 1. The van der Waals surface area contributed by atoms with Crippen LogP contribution >= 0.6 is 11.3 Å². The fourth-order valence-corrected chi connectivity index (χ4v) is 3.80. The van der Waals surface area contributed by atoms with Gasteiger partial charge in [-0.15, -0.1) is 0 Å². The number of nitrogens with one attached hydrogen (secondary N) is 1. The zero-order valence-corrected chi connectivity index (χ0v) is 11.7. The minimum Gasteiger partial charge on any atom is -0.255 e. The van der Waals surface area contributed by atoms with E-state index >= 15 is 0 Å². The first-order valence-electron chi connectivity index (χ1n) is 5.68. The van der Waals surface area contributed by atoms with Gasteiger partial charge in [-0.05, 0) is 36.4 Å². The van der Waals surface area contributed by atoms with Crippen molar-refractivity contribution in [3.8, 4) is 0 Å². The van der Waals surface area contributed by atoms with Crippen LogP contribution in [0, 0.1) is 5.82 Å². The van der Waals surface area contributed by atoms with Gasteiger partial charge in [0, 0.05) is 0 Å². The van der Waals surface area contributed by atoms with E-state index in [1.807, 2.05) is 24.3 Å². The summed E-state index contributed by atoms with van der Waals surface area (Å²) < 4.78 is 40.4. The maximum atomic E-state index is 12.8. The Morgan fingerprint density at radius 3 is 2.45 bits per heavy atom. The second-order valence-corrected chi connectivity index (χ2v) is 6.76. The molecule has 0 saturated heterocycles. The summed E-state index contributed by atoms with van der Waals surface area (Å²) in [5, 5.41) is 0.288. The summed E-state index contributed by atoms with van der Waals surface area (Å²) >= 11 is 1.25. The topological polar surface area (TPSA) is 59.1 Å². The lowest BCUT2D eigenvalue weighted by Gasteiger charge is -2.04. The van der Waals surface area contributed by atoms with Crippen LogP contribution in [0.25, 0.3) is 10.2 Å². The Hall–Kier alpha value is -1.99. The van der Waals surface area contributed by atoms with Crippen molar-refractivity contribution in [3.63, 3.8) is 0 Å². The predicted molar refractivity (Wildman–Crippen MR) is 76.8 cm³/mol. The number of sulfonamides is 1.